The second-order valence-corrected chi connectivity index (χ2v) is 22.4. The molecule has 0 saturated heterocycles. The molecule has 8 rings (SSSR count). The molecule has 324 valence electrons. The summed E-state index contributed by atoms with van der Waals surface area (Å²) in [6.45, 7) is 19.3. The minimum Gasteiger partial charge on any atom is -0.491 e. The van der Waals surface area contributed by atoms with Crippen molar-refractivity contribution >= 4 is 35.2 Å². The molecule has 11 atom stereocenters. The van der Waals surface area contributed by atoms with Gasteiger partial charge in [0.05, 0.1) is 18.4 Å². The SMILES string of the molecule is COCCOc1cc(Cl)ccc1CNC(=O)C[C@@]12CC[C@]3(C)C(CC[C@@H]4[C@@]5(C)CC[C@H](OC(=O)[C@H]6C[C@@H](C(=O)O)C6(C)C)[C@@]6(C)C[C@]65CC[C@]43C)C1=C(C(C)C)C(=O)C2. The normalized spacial score (nSPS) is 41.4. The number of fused-ring (bicyclic) bond motifs is 6. The van der Waals surface area contributed by atoms with Crippen LogP contribution in [0.2, 0.25) is 5.02 Å². The molecule has 1 amide bonds. The van der Waals surface area contributed by atoms with E-state index in [1.165, 1.54) is 5.57 Å². The van der Waals surface area contributed by atoms with Crippen molar-refractivity contribution in [1.82, 2.24) is 5.32 Å². The molecule has 0 aliphatic heterocycles. The number of halogens is 1. The van der Waals surface area contributed by atoms with Crippen molar-refractivity contribution in [1.29, 1.82) is 0 Å². The second-order valence-electron chi connectivity index (χ2n) is 22.0. The highest BCUT2D eigenvalue weighted by molar-refractivity contribution is 6.30. The molecule has 6 fully saturated rings. The van der Waals surface area contributed by atoms with Gasteiger partial charge in [-0.2, -0.15) is 0 Å². The molecule has 1 spiro atoms. The van der Waals surface area contributed by atoms with Crippen LogP contribution in [0.25, 0.3) is 0 Å². The number of Topliss-reactive ketones (excluding diaryl/α,β-unsaturated/α-hetero) is 1. The minimum absolute atomic E-state index is 0.0244. The third-order valence-electron chi connectivity index (χ3n) is 19.2. The zero-order valence-electron chi connectivity index (χ0n) is 37.0. The second kappa shape index (κ2) is 14.3. The number of benzene rings is 1. The van der Waals surface area contributed by atoms with Crippen molar-refractivity contribution in [2.24, 2.45) is 67.5 Å². The number of carbonyl (C=O) groups is 4. The summed E-state index contributed by atoms with van der Waals surface area (Å²) in [6.07, 6.45) is 10.0. The predicted octanol–water partition coefficient (Wildman–Crippen LogP) is 9.76. The van der Waals surface area contributed by atoms with Crippen LogP contribution >= 0.6 is 11.6 Å². The van der Waals surface area contributed by atoms with E-state index in [2.05, 4.69) is 46.9 Å². The third kappa shape index (κ3) is 6.06. The number of aliphatic carboxylic acids is 1. The van der Waals surface area contributed by atoms with Crippen molar-refractivity contribution in [2.45, 2.75) is 145 Å². The Bertz CT molecular complexity index is 1970. The maximum Gasteiger partial charge on any atom is 0.309 e. The van der Waals surface area contributed by atoms with E-state index in [0.29, 0.717) is 55.7 Å². The van der Waals surface area contributed by atoms with Crippen molar-refractivity contribution in [3.05, 3.63) is 39.9 Å². The van der Waals surface area contributed by atoms with Crippen LogP contribution in [-0.2, 0) is 35.2 Å². The van der Waals surface area contributed by atoms with Crippen molar-refractivity contribution < 1.29 is 38.5 Å². The van der Waals surface area contributed by atoms with Crippen LogP contribution in [0.5, 0.6) is 5.75 Å². The molecule has 7 aliphatic carbocycles. The highest BCUT2D eigenvalue weighted by Gasteiger charge is 2.82. The van der Waals surface area contributed by atoms with Gasteiger partial charge in [0.2, 0.25) is 5.91 Å². The smallest absolute Gasteiger partial charge is 0.309 e. The molecule has 59 heavy (non-hydrogen) atoms. The van der Waals surface area contributed by atoms with Crippen LogP contribution in [0, 0.1) is 67.5 Å². The van der Waals surface area contributed by atoms with E-state index in [9.17, 15) is 24.3 Å². The number of ketones is 1. The molecule has 7 aliphatic rings. The summed E-state index contributed by atoms with van der Waals surface area (Å²) in [5.41, 5.74) is 2.21. The molecular weight excluding hydrogens is 766 g/mol. The molecule has 1 unspecified atom stereocenters. The first kappa shape index (κ1) is 42.8. The van der Waals surface area contributed by atoms with E-state index in [0.717, 1.165) is 68.9 Å². The summed E-state index contributed by atoms with van der Waals surface area (Å²) in [5, 5.41) is 13.4. The fourth-order valence-corrected chi connectivity index (χ4v) is 15.7. The van der Waals surface area contributed by atoms with Crippen LogP contribution in [-0.4, -0.2) is 55.2 Å². The zero-order valence-corrected chi connectivity index (χ0v) is 37.7. The average molecular weight is 835 g/mol. The molecule has 1 aromatic rings. The van der Waals surface area contributed by atoms with Crippen molar-refractivity contribution in [3.8, 4) is 5.75 Å². The zero-order chi connectivity index (χ0) is 42.7. The van der Waals surface area contributed by atoms with Gasteiger partial charge in [0.25, 0.3) is 0 Å². The minimum atomic E-state index is -0.830. The quantitative estimate of drug-likeness (QED) is 0.157. The lowest BCUT2D eigenvalue weighted by atomic mass is 9.33. The van der Waals surface area contributed by atoms with E-state index < -0.39 is 22.7 Å². The van der Waals surface area contributed by atoms with Gasteiger partial charge >= 0.3 is 11.9 Å². The monoisotopic (exact) mass is 833 g/mol. The van der Waals surface area contributed by atoms with Crippen molar-refractivity contribution in [2.75, 3.05) is 20.3 Å². The van der Waals surface area contributed by atoms with Crippen LogP contribution in [0.3, 0.4) is 0 Å². The Balaban J connectivity index is 1.02. The Labute approximate surface area is 356 Å². The third-order valence-corrected chi connectivity index (χ3v) is 19.4. The molecule has 6 saturated carbocycles. The van der Waals surface area contributed by atoms with E-state index in [-0.39, 0.29) is 68.6 Å². The number of carboxylic acid groups (broad SMARTS) is 1. The summed E-state index contributed by atoms with van der Waals surface area (Å²) in [5.74, 6) is -0.275. The molecule has 1 aromatic carbocycles. The van der Waals surface area contributed by atoms with Crippen LogP contribution in [0.1, 0.15) is 138 Å². The van der Waals surface area contributed by atoms with Gasteiger partial charge in [0.15, 0.2) is 5.78 Å². The summed E-state index contributed by atoms with van der Waals surface area (Å²) in [7, 11) is 1.63. The number of esters is 1. The lowest BCUT2D eigenvalue weighted by molar-refractivity contribution is -0.221. The standard InChI is InChI=1S/C49H68ClNO8/c1-28(2)39-34(52)24-48(25-38(53)51-26-29-10-11-30(50)22-35(29)58-21-20-57-9)18-16-44(5)31(40(39)48)12-13-36-45(44,6)17-19-49-27-47(49,8)37(14-15-46(36,49)7)59-42(56)33-23-32(41(54)55)43(33,3)4/h10-11,22,28,31-33,36-37H,12-21,23-27H2,1-9H3,(H,51,53)(H,54,55)/t31?,32-,33+,36-,37-,44+,45+,46+,47+,48-,49-/m0/s1. The topological polar surface area (TPSA) is 128 Å². The van der Waals surface area contributed by atoms with Gasteiger partial charge in [0.1, 0.15) is 18.5 Å². The largest absolute Gasteiger partial charge is 0.491 e. The average Bonchev–Trinajstić information content (AvgIpc) is 3.69. The number of hydrogen-bond donors (Lipinski definition) is 2. The van der Waals surface area contributed by atoms with Gasteiger partial charge in [-0.15, -0.1) is 0 Å². The summed E-state index contributed by atoms with van der Waals surface area (Å²) in [4.78, 5) is 53.7. The molecule has 0 bridgehead atoms. The number of amides is 1. The fourth-order valence-electron chi connectivity index (χ4n) is 15.5. The lowest BCUT2D eigenvalue weighted by Gasteiger charge is -2.71. The molecular formula is C49H68ClNO8. The number of carbonyl (C=O) groups excluding carboxylic acids is 3. The van der Waals surface area contributed by atoms with E-state index in [4.69, 9.17) is 25.8 Å². The van der Waals surface area contributed by atoms with Gasteiger partial charge in [-0.25, -0.2) is 0 Å². The highest BCUT2D eigenvalue weighted by Crippen LogP contribution is 2.87. The van der Waals surface area contributed by atoms with Gasteiger partial charge in [-0.3, -0.25) is 19.2 Å². The maximum atomic E-state index is 14.2. The summed E-state index contributed by atoms with van der Waals surface area (Å²) in [6, 6.07) is 5.47. The Morgan fingerprint density at radius 2 is 1.63 bits per heavy atom. The fraction of sp³-hybridized carbons (Fsp3) is 0.755. The van der Waals surface area contributed by atoms with Gasteiger partial charge in [-0.05, 0) is 127 Å². The van der Waals surface area contributed by atoms with E-state index in [1.54, 1.807) is 13.2 Å². The number of methoxy groups -OCH3 is 1. The first-order chi connectivity index (χ1) is 27.6. The van der Waals surface area contributed by atoms with Gasteiger partial charge < -0.3 is 24.6 Å². The molecule has 0 heterocycles. The number of ether oxygens (including phenoxy) is 3. The molecule has 0 radical (unpaired) electrons. The number of allylic oxidation sites excluding steroid dienone is 2. The van der Waals surface area contributed by atoms with E-state index >= 15 is 0 Å². The maximum absolute atomic E-state index is 14.2. The Morgan fingerprint density at radius 1 is 0.898 bits per heavy atom. The van der Waals surface area contributed by atoms with E-state index in [1.807, 2.05) is 26.0 Å². The van der Waals surface area contributed by atoms with Gasteiger partial charge in [0, 0.05) is 47.9 Å². The molecule has 9 nitrogen and oxygen atoms in total. The summed E-state index contributed by atoms with van der Waals surface area (Å²) >= 11 is 6.30. The highest BCUT2D eigenvalue weighted by atomic mass is 35.5. The predicted molar refractivity (Wildman–Crippen MR) is 225 cm³/mol. The lowest BCUT2D eigenvalue weighted by Crippen LogP contribution is -2.64. The molecule has 2 N–H and O–H groups in total. The number of hydrogen-bond acceptors (Lipinski definition) is 7. The first-order valence-corrected chi connectivity index (χ1v) is 22.9. The Morgan fingerprint density at radius 3 is 2.31 bits per heavy atom. The molecule has 10 heteroatoms. The van der Waals surface area contributed by atoms with Crippen LogP contribution in [0.15, 0.2) is 29.3 Å². The Kier molecular flexibility index (Phi) is 10.4. The number of carboxylic acids is 1. The summed E-state index contributed by atoms with van der Waals surface area (Å²) < 4.78 is 17.6. The first-order valence-electron chi connectivity index (χ1n) is 22.5. The van der Waals surface area contributed by atoms with Crippen LogP contribution in [0.4, 0.5) is 0 Å². The number of nitrogens with one attached hydrogen (secondary N) is 1. The molecule has 0 aromatic heterocycles. The van der Waals surface area contributed by atoms with Gasteiger partial charge in [-0.1, -0.05) is 78.6 Å². The number of rotatable bonds is 12. The van der Waals surface area contributed by atoms with Crippen LogP contribution < -0.4 is 10.1 Å². The Hall–Kier alpha value is -2.91. The van der Waals surface area contributed by atoms with Crippen molar-refractivity contribution in [3.63, 3.8) is 0 Å².